The number of amides is 4. The molecule has 59 heavy (non-hydrogen) atoms. The predicted molar refractivity (Wildman–Crippen MR) is 212 cm³/mol. The van der Waals surface area contributed by atoms with Crippen molar-refractivity contribution in [1.82, 2.24) is 40.4 Å². The minimum absolute atomic E-state index is 0.0506. The fraction of sp³-hybridized carbons (Fsp3) is 0.784. The Morgan fingerprint density at radius 3 is 1.86 bits per heavy atom. The molecule has 4 unspecified atom stereocenters. The maximum absolute atomic E-state index is 13.1. The number of thioether (sulfide) groups is 1. The smallest absolute Gasteiger partial charge is 0.323 e. The van der Waals surface area contributed by atoms with E-state index >= 15 is 0 Å². The number of nitrogens with zero attached hydrogens (tertiary/aromatic N) is 5. The molecule has 4 atom stereocenters. The van der Waals surface area contributed by atoms with Crippen molar-refractivity contribution in [1.29, 1.82) is 0 Å². The topological polar surface area (TPSA) is 290 Å². The van der Waals surface area contributed by atoms with Gasteiger partial charge < -0.3 is 46.4 Å². The molecule has 0 bridgehead atoms. The van der Waals surface area contributed by atoms with E-state index in [9.17, 15) is 63.9 Å². The summed E-state index contributed by atoms with van der Waals surface area (Å²) in [6.07, 6.45) is 5.04. The van der Waals surface area contributed by atoms with Crippen LogP contribution in [-0.2, 0) is 33.6 Å². The van der Waals surface area contributed by atoms with Gasteiger partial charge in [-0.3, -0.25) is 53.2 Å². The van der Waals surface area contributed by atoms with E-state index in [0.717, 1.165) is 17.1 Å². The first kappa shape index (κ1) is 47.4. The normalized spacial score (nSPS) is 26.3. The third kappa shape index (κ3) is 16.7. The zero-order valence-electron chi connectivity index (χ0n) is 33.4. The zero-order chi connectivity index (χ0) is 43.1. The fourth-order valence-electron chi connectivity index (χ4n) is 8.58. The van der Waals surface area contributed by atoms with Gasteiger partial charge in [0.05, 0.1) is 38.3 Å². The van der Waals surface area contributed by atoms with E-state index in [4.69, 9.17) is 0 Å². The van der Waals surface area contributed by atoms with Crippen molar-refractivity contribution in [2.75, 3.05) is 90.8 Å². The van der Waals surface area contributed by atoms with Gasteiger partial charge in [-0.2, -0.15) is 11.8 Å². The summed E-state index contributed by atoms with van der Waals surface area (Å²) in [4.78, 5) is 104. The van der Waals surface area contributed by atoms with Crippen molar-refractivity contribution in [3.05, 3.63) is 0 Å². The quantitative estimate of drug-likeness (QED) is 0.0517. The number of carbonyl (C=O) groups is 8. The Bertz CT molecular complexity index is 1500. The number of rotatable bonds is 20. The molecule has 8 N–H and O–H groups in total. The molecule has 0 aromatic heterocycles. The summed E-state index contributed by atoms with van der Waals surface area (Å²) in [6.45, 7) is -0.977. The first-order valence-electron chi connectivity index (χ1n) is 20.3. The predicted octanol–water partition coefficient (Wildman–Crippen LogP) is -1.38. The van der Waals surface area contributed by atoms with Crippen LogP contribution < -0.4 is 16.0 Å². The standard InChI is InChI=1S/C37H60N8O13S/c46-29(17-45(22-35(56)57)30(47)4-2-1-3-28-36-27(23-59-28)39-37(58)40-36)38-25-7-5-24(6-8-25)15-26-16-43(20-33(52)53)12-11-41(18-31(48)49)9-10-42(19-32(50)51)13-14-44(26)21-34(54)55/h24-28,36H,1-23H2,(H,38,46)(H,48,49)(H,50,51)(H,52,53)(H,54,55)(H,56,57)(H2,39,40,58). The van der Waals surface area contributed by atoms with Crippen molar-refractivity contribution in [2.45, 2.75) is 87.2 Å². The van der Waals surface area contributed by atoms with Crippen molar-refractivity contribution < 1.29 is 63.9 Å². The summed E-state index contributed by atoms with van der Waals surface area (Å²) >= 11 is 1.77. The van der Waals surface area contributed by atoms with Gasteiger partial charge in [0.25, 0.3) is 0 Å². The lowest BCUT2D eigenvalue weighted by atomic mass is 9.82. The van der Waals surface area contributed by atoms with Gasteiger partial charge in [0.1, 0.15) is 13.1 Å². The van der Waals surface area contributed by atoms with Crippen molar-refractivity contribution >= 4 is 59.5 Å². The molecule has 3 heterocycles. The molecule has 4 aliphatic rings. The van der Waals surface area contributed by atoms with E-state index in [1.165, 1.54) is 0 Å². The highest BCUT2D eigenvalue weighted by Gasteiger charge is 2.42. The van der Waals surface area contributed by atoms with Crippen molar-refractivity contribution in [2.24, 2.45) is 5.92 Å². The molecule has 0 aromatic carbocycles. The van der Waals surface area contributed by atoms with Gasteiger partial charge in [-0.05, 0) is 50.9 Å². The van der Waals surface area contributed by atoms with Crippen LogP contribution in [0.2, 0.25) is 0 Å². The summed E-state index contributed by atoms with van der Waals surface area (Å²) in [5.41, 5.74) is 0. The number of carboxylic acid groups (broad SMARTS) is 5. The second kappa shape index (κ2) is 23.5. The molecule has 3 saturated heterocycles. The van der Waals surface area contributed by atoms with Crippen LogP contribution in [0.1, 0.15) is 57.8 Å². The lowest BCUT2D eigenvalue weighted by molar-refractivity contribution is -0.146. The molecule has 4 rings (SSSR count). The lowest BCUT2D eigenvalue weighted by Gasteiger charge is -2.40. The van der Waals surface area contributed by atoms with Crippen LogP contribution in [0.25, 0.3) is 0 Å². The molecular weight excluding hydrogens is 797 g/mol. The summed E-state index contributed by atoms with van der Waals surface area (Å²) < 4.78 is 0. The van der Waals surface area contributed by atoms with Crippen LogP contribution in [-0.4, -0.2) is 218 Å². The van der Waals surface area contributed by atoms with E-state index in [2.05, 4.69) is 16.0 Å². The Morgan fingerprint density at radius 2 is 1.27 bits per heavy atom. The Labute approximate surface area is 347 Å². The van der Waals surface area contributed by atoms with E-state index < -0.39 is 60.8 Å². The third-order valence-electron chi connectivity index (χ3n) is 11.5. The number of urea groups is 1. The van der Waals surface area contributed by atoms with Crippen LogP contribution in [0.15, 0.2) is 0 Å². The van der Waals surface area contributed by atoms with Crippen molar-refractivity contribution in [3.8, 4) is 0 Å². The van der Waals surface area contributed by atoms with E-state index in [-0.39, 0.29) is 114 Å². The van der Waals surface area contributed by atoms with Gasteiger partial charge in [-0.25, -0.2) is 4.79 Å². The average Bonchev–Trinajstić information content (AvgIpc) is 3.70. The summed E-state index contributed by atoms with van der Waals surface area (Å²) in [7, 11) is 0. The van der Waals surface area contributed by atoms with Gasteiger partial charge in [-0.1, -0.05) is 6.42 Å². The molecule has 4 amide bonds. The number of fused-ring (bicyclic) bond motifs is 1. The average molecular weight is 857 g/mol. The zero-order valence-corrected chi connectivity index (χ0v) is 34.2. The largest absolute Gasteiger partial charge is 0.480 e. The second-order valence-electron chi connectivity index (χ2n) is 16.0. The number of carboxylic acids is 5. The molecular formula is C37H60N8O13S. The second-order valence-corrected chi connectivity index (χ2v) is 17.3. The highest BCUT2D eigenvalue weighted by atomic mass is 32.2. The van der Waals surface area contributed by atoms with Crippen LogP contribution >= 0.6 is 11.8 Å². The van der Waals surface area contributed by atoms with Crippen LogP contribution in [0, 0.1) is 5.92 Å². The third-order valence-corrected chi connectivity index (χ3v) is 13.0. The number of carbonyl (C=O) groups excluding carboxylic acids is 3. The molecule has 332 valence electrons. The minimum atomic E-state index is -1.23. The Hall–Kier alpha value is -4.25. The highest BCUT2D eigenvalue weighted by Crippen LogP contribution is 2.33. The fourth-order valence-corrected chi connectivity index (χ4v) is 10.1. The first-order chi connectivity index (χ1) is 28.0. The molecule has 0 radical (unpaired) electrons. The van der Waals surface area contributed by atoms with Crippen LogP contribution in [0.3, 0.4) is 0 Å². The SMILES string of the molecule is O=C(O)CN1CCN(CC(=O)O)CCN(CC(=O)O)C(CC2CCC(NC(=O)CN(CC(=O)O)C(=O)CCCCC3SCC4NC(=O)NC43)CC2)CN(CC(=O)O)CC1. The van der Waals surface area contributed by atoms with Crippen LogP contribution in [0.5, 0.6) is 0 Å². The summed E-state index contributed by atoms with van der Waals surface area (Å²) in [5, 5.41) is 57.1. The molecule has 0 spiro atoms. The maximum atomic E-state index is 13.1. The number of nitrogens with one attached hydrogen (secondary N) is 3. The van der Waals surface area contributed by atoms with Crippen molar-refractivity contribution in [3.63, 3.8) is 0 Å². The van der Waals surface area contributed by atoms with Crippen LogP contribution in [0.4, 0.5) is 4.79 Å². The lowest BCUT2D eigenvalue weighted by Crippen LogP contribution is -2.53. The molecule has 21 nitrogen and oxygen atoms in total. The number of unbranched alkanes of at least 4 members (excludes halogenated alkanes) is 1. The van der Waals surface area contributed by atoms with Gasteiger partial charge in [0.15, 0.2) is 0 Å². The van der Waals surface area contributed by atoms with Gasteiger partial charge in [0.2, 0.25) is 11.8 Å². The molecule has 1 aliphatic carbocycles. The molecule has 22 heteroatoms. The number of hydrogen-bond donors (Lipinski definition) is 8. The first-order valence-corrected chi connectivity index (χ1v) is 21.3. The summed E-state index contributed by atoms with van der Waals surface area (Å²) in [6, 6.07) is -0.698. The maximum Gasteiger partial charge on any atom is 0.323 e. The number of aliphatic carboxylic acids is 5. The Balaban J connectivity index is 1.33. The molecule has 4 fully saturated rings. The van der Waals surface area contributed by atoms with E-state index in [1.807, 2.05) is 0 Å². The van der Waals surface area contributed by atoms with E-state index in [1.54, 1.807) is 31.4 Å². The van der Waals surface area contributed by atoms with Gasteiger partial charge in [-0.15, -0.1) is 0 Å². The highest BCUT2D eigenvalue weighted by molar-refractivity contribution is 8.00. The Kier molecular flexibility index (Phi) is 18.9. The van der Waals surface area contributed by atoms with Gasteiger partial charge in [0, 0.05) is 75.3 Å². The molecule has 3 aliphatic heterocycles. The Morgan fingerprint density at radius 1 is 0.695 bits per heavy atom. The monoisotopic (exact) mass is 856 g/mol. The molecule has 0 aromatic rings. The molecule has 1 saturated carbocycles. The summed E-state index contributed by atoms with van der Waals surface area (Å²) in [5.74, 6) is -5.58. The number of hydrogen-bond acceptors (Lipinski definition) is 13. The van der Waals surface area contributed by atoms with Gasteiger partial charge >= 0.3 is 35.9 Å². The van der Waals surface area contributed by atoms with E-state index in [0.29, 0.717) is 44.9 Å². The minimum Gasteiger partial charge on any atom is -0.480 e.